The molecule has 3 aromatic rings. The lowest BCUT2D eigenvalue weighted by Gasteiger charge is -2.35. The van der Waals surface area contributed by atoms with E-state index in [9.17, 15) is 4.79 Å². The smallest absolute Gasteiger partial charge is 0.251 e. The first-order valence-electron chi connectivity index (χ1n) is 11.1. The maximum Gasteiger partial charge on any atom is 0.251 e. The van der Waals surface area contributed by atoms with E-state index in [2.05, 4.69) is 34.4 Å². The van der Waals surface area contributed by atoms with Crippen LogP contribution >= 0.6 is 0 Å². The second-order valence-corrected chi connectivity index (χ2v) is 8.57. The molecule has 0 bridgehead atoms. The van der Waals surface area contributed by atoms with Gasteiger partial charge in [0.05, 0.1) is 25.3 Å². The van der Waals surface area contributed by atoms with Gasteiger partial charge in [-0.05, 0) is 42.2 Å². The molecule has 7 heteroatoms. The number of nitrogens with zero attached hydrogens (tertiary/aromatic N) is 4. The maximum atomic E-state index is 12.7. The second-order valence-electron chi connectivity index (χ2n) is 8.57. The lowest BCUT2D eigenvalue weighted by molar-refractivity contribution is 0.0124. The molecule has 1 aromatic heterocycles. The highest BCUT2D eigenvalue weighted by Gasteiger charge is 2.22. The van der Waals surface area contributed by atoms with E-state index in [1.54, 1.807) is 0 Å². The fraction of sp³-hybridized carbons (Fsp3) is 0.458. The summed E-state index contributed by atoms with van der Waals surface area (Å²) in [4.78, 5) is 15.2. The highest BCUT2D eigenvalue weighted by atomic mass is 16.5. The van der Waals surface area contributed by atoms with Gasteiger partial charge in [-0.3, -0.25) is 9.69 Å². The number of amides is 1. The molecule has 1 aliphatic heterocycles. The van der Waals surface area contributed by atoms with Gasteiger partial charge >= 0.3 is 0 Å². The molecule has 164 valence electrons. The van der Waals surface area contributed by atoms with Crippen molar-refractivity contribution in [2.45, 2.75) is 32.9 Å². The van der Waals surface area contributed by atoms with Gasteiger partial charge in [0.1, 0.15) is 5.52 Å². The summed E-state index contributed by atoms with van der Waals surface area (Å²) >= 11 is 0. The third kappa shape index (κ3) is 5.48. The first-order chi connectivity index (χ1) is 15.1. The van der Waals surface area contributed by atoms with Crippen molar-refractivity contribution in [3.05, 3.63) is 59.7 Å². The van der Waals surface area contributed by atoms with Crippen LogP contribution in [0.4, 0.5) is 0 Å². The minimum absolute atomic E-state index is 0.0280. The third-order valence-electron chi connectivity index (χ3n) is 5.77. The first kappa shape index (κ1) is 21.5. The van der Waals surface area contributed by atoms with Crippen LogP contribution < -0.4 is 5.32 Å². The minimum Gasteiger partial charge on any atom is -0.379 e. The standard InChI is InChI=1S/C24H31N5O2/c1-18(2)15-21(28-11-13-31-14-12-28)16-25-24(30)20-9-7-19(8-10-20)17-29-23-6-4-3-5-22(23)26-27-29/h3-10,18,21H,11-17H2,1-2H3,(H,25,30)/t21-/m1/s1. The molecule has 0 aliphatic carbocycles. The zero-order chi connectivity index (χ0) is 21.6. The highest BCUT2D eigenvalue weighted by Crippen LogP contribution is 2.15. The van der Waals surface area contributed by atoms with Crippen LogP contribution in [-0.2, 0) is 11.3 Å². The van der Waals surface area contributed by atoms with Crippen LogP contribution in [0.15, 0.2) is 48.5 Å². The van der Waals surface area contributed by atoms with Crippen LogP contribution in [0.2, 0.25) is 0 Å². The zero-order valence-corrected chi connectivity index (χ0v) is 18.3. The number of hydrogen-bond acceptors (Lipinski definition) is 5. The Balaban J connectivity index is 1.36. The van der Waals surface area contributed by atoms with Crippen molar-refractivity contribution in [1.29, 1.82) is 0 Å². The summed E-state index contributed by atoms with van der Waals surface area (Å²) in [7, 11) is 0. The number of nitrogens with one attached hydrogen (secondary N) is 1. The van der Waals surface area contributed by atoms with E-state index >= 15 is 0 Å². The van der Waals surface area contributed by atoms with Gasteiger partial charge in [0.25, 0.3) is 5.91 Å². The predicted molar refractivity (Wildman–Crippen MR) is 121 cm³/mol. The number of morpholine rings is 1. The van der Waals surface area contributed by atoms with Gasteiger partial charge in [-0.25, -0.2) is 4.68 Å². The van der Waals surface area contributed by atoms with Gasteiger partial charge in [-0.2, -0.15) is 0 Å². The number of hydrogen-bond donors (Lipinski definition) is 1. The Bertz CT molecular complexity index is 993. The van der Waals surface area contributed by atoms with Crippen LogP contribution in [0.25, 0.3) is 11.0 Å². The summed E-state index contributed by atoms with van der Waals surface area (Å²) in [5, 5.41) is 11.6. The molecular formula is C24H31N5O2. The van der Waals surface area contributed by atoms with E-state index < -0.39 is 0 Å². The Morgan fingerprint density at radius 3 is 2.58 bits per heavy atom. The van der Waals surface area contributed by atoms with Crippen LogP contribution in [0.1, 0.15) is 36.2 Å². The Labute approximate surface area is 183 Å². The van der Waals surface area contributed by atoms with Crippen molar-refractivity contribution >= 4 is 16.9 Å². The molecule has 2 heterocycles. The number of fused-ring (bicyclic) bond motifs is 1. The number of benzene rings is 2. The van der Waals surface area contributed by atoms with Crippen molar-refractivity contribution < 1.29 is 9.53 Å². The molecule has 0 saturated carbocycles. The minimum atomic E-state index is -0.0280. The fourth-order valence-corrected chi connectivity index (χ4v) is 4.13. The Morgan fingerprint density at radius 2 is 1.84 bits per heavy atom. The molecule has 1 N–H and O–H groups in total. The maximum absolute atomic E-state index is 12.7. The normalized spacial score (nSPS) is 16.0. The Hall–Kier alpha value is -2.77. The molecule has 7 nitrogen and oxygen atoms in total. The predicted octanol–water partition coefficient (Wildman–Crippen LogP) is 2.96. The third-order valence-corrected chi connectivity index (χ3v) is 5.77. The summed E-state index contributed by atoms with van der Waals surface area (Å²) in [6, 6.07) is 16.0. The number of carbonyl (C=O) groups excluding carboxylic acids is 1. The van der Waals surface area contributed by atoms with Gasteiger partial charge in [0, 0.05) is 31.2 Å². The fourth-order valence-electron chi connectivity index (χ4n) is 4.13. The van der Waals surface area contributed by atoms with Gasteiger partial charge < -0.3 is 10.1 Å². The van der Waals surface area contributed by atoms with E-state index in [4.69, 9.17) is 4.74 Å². The Kier molecular flexibility index (Phi) is 6.94. The van der Waals surface area contributed by atoms with Crippen molar-refractivity contribution in [3.63, 3.8) is 0 Å². The first-order valence-corrected chi connectivity index (χ1v) is 11.1. The largest absolute Gasteiger partial charge is 0.379 e. The summed E-state index contributed by atoms with van der Waals surface area (Å²) < 4.78 is 7.36. The van der Waals surface area contributed by atoms with Gasteiger partial charge in [-0.1, -0.05) is 43.3 Å². The van der Waals surface area contributed by atoms with Crippen LogP contribution in [0.5, 0.6) is 0 Å². The average Bonchev–Trinajstić information content (AvgIpc) is 3.20. The van der Waals surface area contributed by atoms with E-state index in [1.165, 1.54) is 0 Å². The van der Waals surface area contributed by atoms with Gasteiger partial charge in [-0.15, -0.1) is 5.10 Å². The van der Waals surface area contributed by atoms with Crippen molar-refractivity contribution in [3.8, 4) is 0 Å². The molecule has 1 fully saturated rings. The molecule has 0 radical (unpaired) electrons. The second kappa shape index (κ2) is 10.0. The molecule has 4 rings (SSSR count). The molecule has 1 aliphatic rings. The van der Waals surface area contributed by atoms with E-state index in [1.807, 2.05) is 53.2 Å². The highest BCUT2D eigenvalue weighted by molar-refractivity contribution is 5.94. The molecule has 0 unspecified atom stereocenters. The SMILES string of the molecule is CC(C)C[C@H](CNC(=O)c1ccc(Cn2nnc3ccccc32)cc1)N1CCOCC1. The van der Waals surface area contributed by atoms with E-state index in [0.717, 1.165) is 49.3 Å². The summed E-state index contributed by atoms with van der Waals surface area (Å²) in [5.74, 6) is 0.552. The summed E-state index contributed by atoms with van der Waals surface area (Å²) in [6.07, 6.45) is 1.06. The monoisotopic (exact) mass is 421 g/mol. The van der Waals surface area contributed by atoms with Crippen LogP contribution in [0.3, 0.4) is 0 Å². The summed E-state index contributed by atoms with van der Waals surface area (Å²) in [5.41, 5.74) is 3.65. The molecular weight excluding hydrogens is 390 g/mol. The Morgan fingerprint density at radius 1 is 1.10 bits per heavy atom. The number of rotatable bonds is 8. The molecule has 31 heavy (non-hydrogen) atoms. The number of para-hydroxylation sites is 1. The molecule has 0 spiro atoms. The topological polar surface area (TPSA) is 72.3 Å². The molecule has 1 amide bonds. The zero-order valence-electron chi connectivity index (χ0n) is 18.3. The quantitative estimate of drug-likeness (QED) is 0.605. The number of ether oxygens (including phenoxy) is 1. The number of aromatic nitrogens is 3. The van der Waals surface area contributed by atoms with Crippen molar-refractivity contribution in [2.24, 2.45) is 5.92 Å². The molecule has 1 saturated heterocycles. The lowest BCUT2D eigenvalue weighted by Crippen LogP contribution is -2.49. The molecule has 1 atom stereocenters. The number of carbonyl (C=O) groups is 1. The van der Waals surface area contributed by atoms with E-state index in [0.29, 0.717) is 30.6 Å². The van der Waals surface area contributed by atoms with Crippen molar-refractivity contribution in [1.82, 2.24) is 25.2 Å². The van der Waals surface area contributed by atoms with E-state index in [-0.39, 0.29) is 5.91 Å². The van der Waals surface area contributed by atoms with Crippen molar-refractivity contribution in [2.75, 3.05) is 32.8 Å². The van der Waals surface area contributed by atoms with Gasteiger partial charge in [0.2, 0.25) is 0 Å². The average molecular weight is 422 g/mol. The summed E-state index contributed by atoms with van der Waals surface area (Å²) in [6.45, 7) is 9.13. The van der Waals surface area contributed by atoms with Crippen LogP contribution in [0, 0.1) is 5.92 Å². The van der Waals surface area contributed by atoms with Crippen LogP contribution in [-0.4, -0.2) is 64.7 Å². The lowest BCUT2D eigenvalue weighted by atomic mass is 10.0. The molecule has 2 aromatic carbocycles. The van der Waals surface area contributed by atoms with Gasteiger partial charge in [0.15, 0.2) is 0 Å².